The van der Waals surface area contributed by atoms with Crippen molar-refractivity contribution in [1.82, 2.24) is 0 Å². The summed E-state index contributed by atoms with van der Waals surface area (Å²) in [4.78, 5) is 10.7. The minimum Gasteiger partial charge on any atom is -0.379 e. The van der Waals surface area contributed by atoms with Gasteiger partial charge < -0.3 is 10.1 Å². The quantitative estimate of drug-likeness (QED) is 0.344. The lowest BCUT2D eigenvalue weighted by Gasteiger charge is -2.12. The predicted octanol–water partition coefficient (Wildman–Crippen LogP) is 3.85. The Kier molecular flexibility index (Phi) is 6.39. The highest BCUT2D eigenvalue weighted by molar-refractivity contribution is 7.92. The van der Waals surface area contributed by atoms with E-state index in [0.29, 0.717) is 31.4 Å². The molecule has 2 aromatic carbocycles. The first-order valence-corrected chi connectivity index (χ1v) is 10.9. The van der Waals surface area contributed by atoms with Gasteiger partial charge in [-0.25, -0.2) is 8.42 Å². The van der Waals surface area contributed by atoms with E-state index in [1.54, 1.807) is 19.1 Å². The minimum atomic E-state index is -3.96. The first kappa shape index (κ1) is 21.1. The Morgan fingerprint density at radius 3 is 2.52 bits per heavy atom. The molecule has 0 radical (unpaired) electrons. The smallest absolute Gasteiger partial charge is 0.293 e. The monoisotopic (exact) mass is 419 g/mol. The number of rotatable bonds is 10. The molecule has 8 nitrogen and oxygen atoms in total. The molecule has 0 atom stereocenters. The zero-order chi connectivity index (χ0) is 21.0. The van der Waals surface area contributed by atoms with Crippen molar-refractivity contribution in [3.63, 3.8) is 0 Å². The molecule has 1 aliphatic carbocycles. The molecule has 2 N–H and O–H groups in total. The Balaban J connectivity index is 1.72. The van der Waals surface area contributed by atoms with Gasteiger partial charge in [-0.3, -0.25) is 14.8 Å². The van der Waals surface area contributed by atoms with E-state index in [-0.39, 0.29) is 16.3 Å². The van der Waals surface area contributed by atoms with Crippen LogP contribution in [0.3, 0.4) is 0 Å². The molecule has 0 aromatic heterocycles. The van der Waals surface area contributed by atoms with Crippen LogP contribution in [0, 0.1) is 29.9 Å². The van der Waals surface area contributed by atoms with Crippen LogP contribution in [0.1, 0.15) is 24.0 Å². The van der Waals surface area contributed by atoms with Crippen molar-refractivity contribution >= 4 is 27.1 Å². The number of aryl methyl sites for hydroxylation is 2. The number of nitro benzene ring substituents is 1. The molecule has 0 unspecified atom stereocenters. The van der Waals surface area contributed by atoms with E-state index in [1.165, 1.54) is 25.0 Å². The van der Waals surface area contributed by atoms with Crippen molar-refractivity contribution in [2.75, 3.05) is 29.8 Å². The lowest BCUT2D eigenvalue weighted by Crippen LogP contribution is -2.15. The highest BCUT2D eigenvalue weighted by Gasteiger charge is 2.23. The van der Waals surface area contributed by atoms with E-state index in [2.05, 4.69) is 10.0 Å². The van der Waals surface area contributed by atoms with Crippen molar-refractivity contribution in [1.29, 1.82) is 0 Å². The highest BCUT2D eigenvalue weighted by atomic mass is 32.2. The van der Waals surface area contributed by atoms with Crippen molar-refractivity contribution < 1.29 is 18.1 Å². The van der Waals surface area contributed by atoms with Crippen LogP contribution in [0.4, 0.5) is 17.1 Å². The van der Waals surface area contributed by atoms with E-state index >= 15 is 0 Å². The van der Waals surface area contributed by atoms with E-state index in [4.69, 9.17) is 4.74 Å². The van der Waals surface area contributed by atoms with Crippen LogP contribution in [0.15, 0.2) is 41.3 Å². The zero-order valence-corrected chi connectivity index (χ0v) is 17.3. The SMILES string of the molecule is Cc1ccc(NS(=O)(=O)c2ccc(NCCOCC3CC3)c([N+](=O)[O-])c2)c(C)c1. The van der Waals surface area contributed by atoms with Gasteiger partial charge in [0.15, 0.2) is 0 Å². The molecular weight excluding hydrogens is 394 g/mol. The molecule has 0 saturated heterocycles. The molecule has 1 aliphatic rings. The van der Waals surface area contributed by atoms with Crippen molar-refractivity contribution in [2.24, 2.45) is 5.92 Å². The number of ether oxygens (including phenoxy) is 1. The molecule has 0 heterocycles. The number of sulfonamides is 1. The normalized spacial score (nSPS) is 13.9. The number of nitrogens with one attached hydrogen (secondary N) is 2. The maximum atomic E-state index is 12.7. The molecule has 156 valence electrons. The summed E-state index contributed by atoms with van der Waals surface area (Å²) in [5.41, 5.74) is 2.18. The van der Waals surface area contributed by atoms with E-state index in [9.17, 15) is 18.5 Å². The summed E-state index contributed by atoms with van der Waals surface area (Å²) in [6, 6.07) is 9.17. The van der Waals surface area contributed by atoms with Gasteiger partial charge in [0.05, 0.1) is 22.1 Å². The van der Waals surface area contributed by atoms with Gasteiger partial charge in [-0.2, -0.15) is 0 Å². The summed E-state index contributed by atoms with van der Waals surface area (Å²) in [6.07, 6.45) is 2.40. The molecule has 1 saturated carbocycles. The van der Waals surface area contributed by atoms with Crippen molar-refractivity contribution in [2.45, 2.75) is 31.6 Å². The van der Waals surface area contributed by atoms with Crippen LogP contribution in [0.5, 0.6) is 0 Å². The van der Waals surface area contributed by atoms with Crippen molar-refractivity contribution in [3.05, 3.63) is 57.6 Å². The largest absolute Gasteiger partial charge is 0.379 e. The van der Waals surface area contributed by atoms with E-state index in [1.807, 2.05) is 13.0 Å². The molecule has 0 amide bonds. The lowest BCUT2D eigenvalue weighted by atomic mass is 10.1. The molecule has 0 bridgehead atoms. The number of anilines is 2. The number of hydrogen-bond acceptors (Lipinski definition) is 6. The average Bonchev–Trinajstić information content (AvgIpc) is 3.48. The van der Waals surface area contributed by atoms with Crippen LogP contribution in [0.25, 0.3) is 0 Å². The maximum absolute atomic E-state index is 12.7. The number of nitrogens with zero attached hydrogens (tertiary/aromatic N) is 1. The number of nitro groups is 1. The minimum absolute atomic E-state index is 0.167. The van der Waals surface area contributed by atoms with Gasteiger partial charge in [0, 0.05) is 19.2 Å². The van der Waals surface area contributed by atoms with Gasteiger partial charge in [0.2, 0.25) is 0 Å². The Labute approximate surface area is 170 Å². The van der Waals surface area contributed by atoms with Crippen LogP contribution in [0.2, 0.25) is 0 Å². The first-order valence-electron chi connectivity index (χ1n) is 9.46. The number of benzene rings is 2. The van der Waals surface area contributed by atoms with E-state index in [0.717, 1.165) is 17.2 Å². The molecule has 1 fully saturated rings. The summed E-state index contributed by atoms with van der Waals surface area (Å²) < 4.78 is 33.4. The van der Waals surface area contributed by atoms with E-state index < -0.39 is 14.9 Å². The first-order chi connectivity index (χ1) is 13.8. The second kappa shape index (κ2) is 8.79. The second-order valence-corrected chi connectivity index (χ2v) is 8.99. The Morgan fingerprint density at radius 2 is 1.86 bits per heavy atom. The second-order valence-electron chi connectivity index (χ2n) is 7.31. The summed E-state index contributed by atoms with van der Waals surface area (Å²) in [6.45, 7) is 5.26. The highest BCUT2D eigenvalue weighted by Crippen LogP contribution is 2.30. The molecule has 29 heavy (non-hydrogen) atoms. The molecule has 9 heteroatoms. The lowest BCUT2D eigenvalue weighted by molar-refractivity contribution is -0.384. The van der Waals surface area contributed by atoms with Gasteiger partial charge in [-0.1, -0.05) is 17.7 Å². The fraction of sp³-hybridized carbons (Fsp3) is 0.400. The average molecular weight is 420 g/mol. The maximum Gasteiger partial charge on any atom is 0.293 e. The van der Waals surface area contributed by atoms with Gasteiger partial charge in [0.1, 0.15) is 5.69 Å². The fourth-order valence-corrected chi connectivity index (χ4v) is 4.05. The summed E-state index contributed by atoms with van der Waals surface area (Å²) in [5.74, 6) is 0.651. The Morgan fingerprint density at radius 1 is 1.14 bits per heavy atom. The third kappa shape index (κ3) is 5.68. The van der Waals surface area contributed by atoms with Crippen LogP contribution in [-0.2, 0) is 14.8 Å². The predicted molar refractivity (Wildman–Crippen MR) is 112 cm³/mol. The standard InChI is InChI=1S/C20H25N3O5S/c1-14-3-7-18(15(2)11-14)22-29(26,27)17-6-8-19(20(12-17)23(24)25)21-9-10-28-13-16-4-5-16/h3,6-8,11-12,16,21-22H,4-5,9-10,13H2,1-2H3. The van der Waals surface area contributed by atoms with Crippen LogP contribution >= 0.6 is 0 Å². The fourth-order valence-electron chi connectivity index (χ4n) is 2.90. The van der Waals surface area contributed by atoms with Gasteiger partial charge in [0.25, 0.3) is 15.7 Å². The topological polar surface area (TPSA) is 111 Å². The zero-order valence-electron chi connectivity index (χ0n) is 16.5. The number of hydrogen-bond donors (Lipinski definition) is 2. The molecule has 0 aliphatic heterocycles. The third-order valence-electron chi connectivity index (χ3n) is 4.71. The molecule has 2 aromatic rings. The summed E-state index contributed by atoms with van der Waals surface area (Å²) in [5, 5.41) is 14.4. The van der Waals surface area contributed by atoms with Crippen LogP contribution in [-0.4, -0.2) is 33.1 Å². The van der Waals surface area contributed by atoms with Gasteiger partial charge >= 0.3 is 0 Å². The molecule has 0 spiro atoms. The summed E-state index contributed by atoms with van der Waals surface area (Å²) >= 11 is 0. The third-order valence-corrected chi connectivity index (χ3v) is 6.08. The van der Waals surface area contributed by atoms with Crippen LogP contribution < -0.4 is 10.0 Å². The van der Waals surface area contributed by atoms with Gasteiger partial charge in [-0.05, 0) is 56.4 Å². The van der Waals surface area contributed by atoms with Crippen molar-refractivity contribution in [3.8, 4) is 0 Å². The summed E-state index contributed by atoms with van der Waals surface area (Å²) in [7, 11) is -3.96. The molecule has 3 rings (SSSR count). The Hall–Kier alpha value is -2.65. The Bertz CT molecular complexity index is 1000. The molecular formula is C20H25N3O5S. The van der Waals surface area contributed by atoms with Gasteiger partial charge in [-0.15, -0.1) is 0 Å².